The Morgan fingerprint density at radius 2 is 2.38 bits per heavy atom. The first-order valence-corrected chi connectivity index (χ1v) is 3.15. The predicted molar refractivity (Wildman–Crippen MR) is 35.6 cm³/mol. The molecule has 44 valence electrons. The zero-order valence-electron chi connectivity index (χ0n) is 4.85. The highest BCUT2D eigenvalue weighted by Crippen LogP contribution is 2.06. The van der Waals surface area contributed by atoms with Gasteiger partial charge in [0.05, 0.1) is 0 Å². The lowest BCUT2D eigenvalue weighted by molar-refractivity contribution is 0.734. The molecule has 0 spiro atoms. The highest BCUT2D eigenvalue weighted by Gasteiger charge is 1.93. The largest absolute Gasteiger partial charge is 0.272 e. The van der Waals surface area contributed by atoms with Gasteiger partial charge in [-0.1, -0.05) is 0 Å². The van der Waals surface area contributed by atoms with Crippen molar-refractivity contribution >= 4 is 15.9 Å². The average molecular weight is 175 g/mol. The van der Waals surface area contributed by atoms with Gasteiger partial charge in [0.15, 0.2) is 0 Å². The molecule has 1 aromatic rings. The van der Waals surface area contributed by atoms with E-state index >= 15 is 0 Å². The van der Waals surface area contributed by atoms with Crippen LogP contribution in [0.5, 0.6) is 0 Å². The number of rotatable bonds is 0. The highest BCUT2D eigenvalue weighted by molar-refractivity contribution is 9.10. The first-order valence-electron chi connectivity index (χ1n) is 2.36. The number of hydrogen-bond acceptors (Lipinski definition) is 1. The molecular formula is C5H7BrN2. The molecule has 0 aliphatic heterocycles. The maximum Gasteiger partial charge on any atom is 0.128 e. The molecule has 0 atom stereocenters. The quantitative estimate of drug-likeness (QED) is 0.584. The molecule has 1 rings (SSSR count). The van der Waals surface area contributed by atoms with Gasteiger partial charge in [-0.2, -0.15) is 5.10 Å². The van der Waals surface area contributed by atoms with Crippen molar-refractivity contribution in [3.63, 3.8) is 0 Å². The summed E-state index contributed by atoms with van der Waals surface area (Å²) in [5.74, 6) is 0. The van der Waals surface area contributed by atoms with Crippen LogP contribution in [-0.2, 0) is 7.05 Å². The molecule has 0 aliphatic carbocycles. The van der Waals surface area contributed by atoms with Crippen LogP contribution in [0.15, 0.2) is 10.7 Å². The minimum absolute atomic E-state index is 0.900. The number of hydrogen-bond donors (Lipinski definition) is 0. The molecule has 2 nitrogen and oxygen atoms in total. The fourth-order valence-corrected chi connectivity index (χ4v) is 1.09. The SMILES string of the molecule is Cc1cc(Br)nn1C. The van der Waals surface area contributed by atoms with Crippen LogP contribution in [0, 0.1) is 6.92 Å². The van der Waals surface area contributed by atoms with Gasteiger partial charge in [-0.3, -0.25) is 4.68 Å². The lowest BCUT2D eigenvalue weighted by Crippen LogP contribution is -1.91. The summed E-state index contributed by atoms with van der Waals surface area (Å²) in [6.07, 6.45) is 0. The number of aryl methyl sites for hydroxylation is 2. The third-order valence-corrected chi connectivity index (χ3v) is 1.47. The molecule has 1 heterocycles. The van der Waals surface area contributed by atoms with E-state index in [9.17, 15) is 0 Å². The van der Waals surface area contributed by atoms with E-state index in [2.05, 4.69) is 21.0 Å². The van der Waals surface area contributed by atoms with Crippen LogP contribution < -0.4 is 0 Å². The number of halogens is 1. The monoisotopic (exact) mass is 174 g/mol. The van der Waals surface area contributed by atoms with Crippen LogP contribution in [-0.4, -0.2) is 9.78 Å². The molecule has 0 saturated carbocycles. The normalized spacial score (nSPS) is 9.88. The van der Waals surface area contributed by atoms with Gasteiger partial charge in [-0.15, -0.1) is 0 Å². The van der Waals surface area contributed by atoms with Crippen molar-refractivity contribution < 1.29 is 0 Å². The van der Waals surface area contributed by atoms with Gasteiger partial charge in [0.2, 0.25) is 0 Å². The minimum atomic E-state index is 0.900. The van der Waals surface area contributed by atoms with E-state index in [1.54, 1.807) is 0 Å². The van der Waals surface area contributed by atoms with Gasteiger partial charge in [-0.25, -0.2) is 0 Å². The van der Waals surface area contributed by atoms with Crippen molar-refractivity contribution in [2.45, 2.75) is 6.92 Å². The zero-order valence-corrected chi connectivity index (χ0v) is 6.44. The summed E-state index contributed by atoms with van der Waals surface area (Å²) < 4.78 is 2.72. The lowest BCUT2D eigenvalue weighted by Gasteiger charge is -1.87. The topological polar surface area (TPSA) is 17.8 Å². The van der Waals surface area contributed by atoms with Crippen molar-refractivity contribution in [2.75, 3.05) is 0 Å². The Balaban J connectivity index is 3.14. The Kier molecular flexibility index (Phi) is 1.38. The molecule has 0 bridgehead atoms. The van der Waals surface area contributed by atoms with E-state index in [0.717, 1.165) is 10.3 Å². The Hall–Kier alpha value is -0.310. The van der Waals surface area contributed by atoms with Crippen LogP contribution in [0.4, 0.5) is 0 Å². The summed E-state index contributed by atoms with van der Waals surface area (Å²) in [6.45, 7) is 2.01. The second kappa shape index (κ2) is 1.90. The molecule has 0 amide bonds. The van der Waals surface area contributed by atoms with E-state index in [0.29, 0.717) is 0 Å². The first-order chi connectivity index (χ1) is 3.70. The maximum absolute atomic E-state index is 4.04. The van der Waals surface area contributed by atoms with Crippen molar-refractivity contribution in [3.8, 4) is 0 Å². The third-order valence-electron chi connectivity index (χ3n) is 1.08. The standard InChI is InChI=1S/C5H7BrN2/c1-4-3-5(6)7-8(4)2/h3H,1-2H3. The second-order valence-corrected chi connectivity index (χ2v) is 2.54. The van der Waals surface area contributed by atoms with Crippen LogP contribution in [0.1, 0.15) is 5.69 Å². The highest BCUT2D eigenvalue weighted by atomic mass is 79.9. The summed E-state index contributed by atoms with van der Waals surface area (Å²) in [6, 6.07) is 1.97. The molecule has 0 N–H and O–H groups in total. The summed E-state index contributed by atoms with van der Waals surface area (Å²) >= 11 is 3.25. The molecule has 3 heteroatoms. The molecule has 0 aliphatic rings. The maximum atomic E-state index is 4.04. The smallest absolute Gasteiger partial charge is 0.128 e. The van der Waals surface area contributed by atoms with E-state index in [1.807, 2.05) is 24.7 Å². The van der Waals surface area contributed by atoms with E-state index < -0.39 is 0 Å². The van der Waals surface area contributed by atoms with Gasteiger partial charge < -0.3 is 0 Å². The summed E-state index contributed by atoms with van der Waals surface area (Å²) in [5.41, 5.74) is 1.16. The van der Waals surface area contributed by atoms with Crippen LogP contribution >= 0.6 is 15.9 Å². The van der Waals surface area contributed by atoms with Crippen LogP contribution in [0.25, 0.3) is 0 Å². The molecular weight excluding hydrogens is 168 g/mol. The van der Waals surface area contributed by atoms with E-state index in [-0.39, 0.29) is 0 Å². The third kappa shape index (κ3) is 0.916. The molecule has 0 aromatic carbocycles. The van der Waals surface area contributed by atoms with Crippen molar-refractivity contribution in [1.82, 2.24) is 9.78 Å². The van der Waals surface area contributed by atoms with Crippen LogP contribution in [0.2, 0.25) is 0 Å². The van der Waals surface area contributed by atoms with Crippen molar-refractivity contribution in [1.29, 1.82) is 0 Å². The Morgan fingerprint density at radius 3 is 2.50 bits per heavy atom. The summed E-state index contributed by atoms with van der Waals surface area (Å²) in [5, 5.41) is 4.04. The zero-order chi connectivity index (χ0) is 6.15. The van der Waals surface area contributed by atoms with Gasteiger partial charge in [-0.05, 0) is 28.9 Å². The Morgan fingerprint density at radius 1 is 1.75 bits per heavy atom. The summed E-state index contributed by atoms with van der Waals surface area (Å²) in [4.78, 5) is 0. The van der Waals surface area contributed by atoms with Crippen LogP contribution in [0.3, 0.4) is 0 Å². The number of aromatic nitrogens is 2. The van der Waals surface area contributed by atoms with Gasteiger partial charge >= 0.3 is 0 Å². The van der Waals surface area contributed by atoms with E-state index in [4.69, 9.17) is 0 Å². The second-order valence-electron chi connectivity index (χ2n) is 1.73. The van der Waals surface area contributed by atoms with Gasteiger partial charge in [0.25, 0.3) is 0 Å². The van der Waals surface area contributed by atoms with Crippen molar-refractivity contribution in [2.24, 2.45) is 7.05 Å². The lowest BCUT2D eigenvalue weighted by atomic mass is 10.5. The Bertz CT molecular complexity index is 173. The van der Waals surface area contributed by atoms with E-state index in [1.165, 1.54) is 0 Å². The molecule has 1 aromatic heterocycles. The van der Waals surface area contributed by atoms with Gasteiger partial charge in [0, 0.05) is 12.7 Å². The molecule has 0 radical (unpaired) electrons. The molecule has 0 fully saturated rings. The van der Waals surface area contributed by atoms with Gasteiger partial charge in [0.1, 0.15) is 4.60 Å². The van der Waals surface area contributed by atoms with Crippen molar-refractivity contribution in [3.05, 3.63) is 16.4 Å². The first kappa shape index (κ1) is 5.82. The number of nitrogens with zero attached hydrogens (tertiary/aromatic N) is 2. The minimum Gasteiger partial charge on any atom is -0.272 e. The fraction of sp³-hybridized carbons (Fsp3) is 0.400. The molecule has 0 unspecified atom stereocenters. The molecule has 8 heavy (non-hydrogen) atoms. The fourth-order valence-electron chi connectivity index (χ4n) is 0.517. The molecule has 0 saturated heterocycles. The average Bonchev–Trinajstić information content (AvgIpc) is 1.85. The Labute approximate surface area is 56.6 Å². The predicted octanol–water partition coefficient (Wildman–Crippen LogP) is 1.49. The summed E-state index contributed by atoms with van der Waals surface area (Å²) in [7, 11) is 1.92.